The zero-order chi connectivity index (χ0) is 25.0. The maximum atomic E-state index is 12.6. The smallest absolute Gasteiger partial charge is 0.336 e. The number of aromatic carboxylic acids is 1. The number of benzene rings is 1. The van der Waals surface area contributed by atoms with Crippen molar-refractivity contribution in [2.24, 2.45) is 0 Å². The SMILES string of the molecule is CC(C)N1CCC(N2CCn3c(c(C4CCCCC4)c4sccc43)-c3c(cc(Cl)cc3C(=O)O)C2)C1. The van der Waals surface area contributed by atoms with E-state index in [0.29, 0.717) is 28.6 Å². The number of carbonyl (C=O) groups is 1. The molecule has 3 aliphatic rings. The summed E-state index contributed by atoms with van der Waals surface area (Å²) in [7, 11) is 0. The van der Waals surface area contributed by atoms with Crippen LogP contribution in [0.15, 0.2) is 23.6 Å². The summed E-state index contributed by atoms with van der Waals surface area (Å²) in [5.41, 5.74) is 6.13. The van der Waals surface area contributed by atoms with Gasteiger partial charge in [0.05, 0.1) is 21.5 Å². The summed E-state index contributed by atoms with van der Waals surface area (Å²) in [4.78, 5) is 17.8. The van der Waals surface area contributed by atoms with Crippen molar-refractivity contribution in [1.82, 2.24) is 14.4 Å². The van der Waals surface area contributed by atoms with Crippen LogP contribution in [0.25, 0.3) is 21.5 Å². The lowest BCUT2D eigenvalue weighted by molar-refractivity contribution is 0.0697. The minimum absolute atomic E-state index is 0.345. The third-order valence-corrected chi connectivity index (χ3v) is 9.95. The summed E-state index contributed by atoms with van der Waals surface area (Å²) in [6.45, 7) is 9.33. The van der Waals surface area contributed by atoms with Gasteiger partial charge in [-0.2, -0.15) is 0 Å². The summed E-state index contributed by atoms with van der Waals surface area (Å²) >= 11 is 8.39. The van der Waals surface area contributed by atoms with Crippen molar-refractivity contribution >= 4 is 39.1 Å². The highest BCUT2D eigenvalue weighted by molar-refractivity contribution is 7.17. The molecule has 0 radical (unpaired) electrons. The molecule has 0 amide bonds. The molecule has 1 saturated carbocycles. The minimum Gasteiger partial charge on any atom is -0.478 e. The van der Waals surface area contributed by atoms with E-state index < -0.39 is 5.97 Å². The quantitative estimate of drug-likeness (QED) is 0.396. The van der Waals surface area contributed by atoms with Crippen molar-refractivity contribution < 1.29 is 9.90 Å². The fourth-order valence-corrected chi connectivity index (χ4v) is 8.23. The van der Waals surface area contributed by atoms with E-state index in [-0.39, 0.29) is 0 Å². The van der Waals surface area contributed by atoms with Gasteiger partial charge in [-0.25, -0.2) is 4.79 Å². The summed E-state index contributed by atoms with van der Waals surface area (Å²) in [6.07, 6.45) is 7.34. The third kappa shape index (κ3) is 4.20. The van der Waals surface area contributed by atoms with Crippen LogP contribution in [0.2, 0.25) is 5.02 Å². The van der Waals surface area contributed by atoms with Gasteiger partial charge in [-0.05, 0) is 73.7 Å². The van der Waals surface area contributed by atoms with Crippen LogP contribution in [0.3, 0.4) is 0 Å². The van der Waals surface area contributed by atoms with Crippen LogP contribution in [0, 0.1) is 0 Å². The van der Waals surface area contributed by atoms with E-state index in [1.165, 1.54) is 47.9 Å². The molecule has 2 aliphatic heterocycles. The van der Waals surface area contributed by atoms with Crippen LogP contribution in [-0.2, 0) is 13.1 Å². The number of fused-ring (bicyclic) bond motifs is 5. The van der Waals surface area contributed by atoms with Crippen LogP contribution in [0.4, 0.5) is 0 Å². The van der Waals surface area contributed by atoms with Crippen LogP contribution in [0.5, 0.6) is 0 Å². The highest BCUT2D eigenvalue weighted by atomic mass is 35.5. The number of carboxylic acids is 1. The van der Waals surface area contributed by atoms with Crippen molar-refractivity contribution in [2.75, 3.05) is 19.6 Å². The number of halogens is 1. The maximum Gasteiger partial charge on any atom is 0.336 e. The Labute approximate surface area is 222 Å². The highest BCUT2D eigenvalue weighted by Gasteiger charge is 2.35. The average Bonchev–Trinajstić information content (AvgIpc) is 3.57. The molecule has 0 bridgehead atoms. The standard InChI is InChI=1S/C29H36ClN3O2S/c1-18(2)31-10-8-22(17-31)32-11-12-33-24-9-13-36-28(24)26(19-6-4-3-5-7-19)27(33)25-20(16-32)14-21(30)15-23(25)29(34)35/h9,13-15,18-19,22H,3-8,10-12,16-17H2,1-2H3,(H,34,35). The molecule has 3 aromatic rings. The second-order valence-electron chi connectivity index (χ2n) is 11.2. The Morgan fingerprint density at radius 2 is 1.92 bits per heavy atom. The first-order chi connectivity index (χ1) is 17.4. The summed E-state index contributed by atoms with van der Waals surface area (Å²) in [5, 5.41) is 13.1. The summed E-state index contributed by atoms with van der Waals surface area (Å²) in [6, 6.07) is 6.96. The van der Waals surface area contributed by atoms with Crippen LogP contribution < -0.4 is 0 Å². The van der Waals surface area contributed by atoms with Crippen molar-refractivity contribution in [2.45, 2.75) is 83.5 Å². The van der Waals surface area contributed by atoms with Crippen molar-refractivity contribution in [1.29, 1.82) is 0 Å². The van der Waals surface area contributed by atoms with Crippen molar-refractivity contribution in [3.8, 4) is 11.3 Å². The highest BCUT2D eigenvalue weighted by Crippen LogP contribution is 2.48. The predicted octanol–water partition coefficient (Wildman–Crippen LogP) is 7.07. The van der Waals surface area contributed by atoms with E-state index in [0.717, 1.165) is 56.0 Å². The van der Waals surface area contributed by atoms with E-state index in [1.807, 2.05) is 17.4 Å². The zero-order valence-electron chi connectivity index (χ0n) is 21.3. The second kappa shape index (κ2) is 9.79. The molecule has 4 heterocycles. The van der Waals surface area contributed by atoms with Gasteiger partial charge >= 0.3 is 5.97 Å². The molecule has 1 N–H and O–H groups in total. The van der Waals surface area contributed by atoms with Gasteiger partial charge in [0.15, 0.2) is 0 Å². The van der Waals surface area contributed by atoms with Gasteiger partial charge in [0, 0.05) is 55.4 Å². The van der Waals surface area contributed by atoms with E-state index >= 15 is 0 Å². The molecule has 1 unspecified atom stereocenters. The van der Waals surface area contributed by atoms with Crippen molar-refractivity contribution in [3.05, 3.63) is 45.3 Å². The lowest BCUT2D eigenvalue weighted by Crippen LogP contribution is -2.41. The molecule has 2 fully saturated rings. The molecule has 1 aliphatic carbocycles. The number of aromatic nitrogens is 1. The van der Waals surface area contributed by atoms with Crippen LogP contribution in [-0.4, -0.2) is 57.2 Å². The lowest BCUT2D eigenvalue weighted by Gasteiger charge is -2.34. The largest absolute Gasteiger partial charge is 0.478 e. The van der Waals surface area contributed by atoms with Gasteiger partial charge in [-0.15, -0.1) is 11.3 Å². The second-order valence-corrected chi connectivity index (χ2v) is 12.5. The molecule has 2 aromatic heterocycles. The minimum atomic E-state index is -0.890. The number of hydrogen-bond acceptors (Lipinski definition) is 4. The Bertz CT molecular complexity index is 1290. The van der Waals surface area contributed by atoms with Crippen LogP contribution in [0.1, 0.15) is 79.8 Å². The molecule has 5 nitrogen and oxygen atoms in total. The fourth-order valence-electron chi connectivity index (χ4n) is 6.97. The molecule has 0 spiro atoms. The number of hydrogen-bond donors (Lipinski definition) is 1. The number of likely N-dealkylation sites (tertiary alicyclic amines) is 1. The number of rotatable bonds is 4. The first-order valence-corrected chi connectivity index (χ1v) is 14.8. The number of thiophene rings is 1. The van der Waals surface area contributed by atoms with Gasteiger partial charge in [0.2, 0.25) is 0 Å². The molecule has 7 heteroatoms. The molecule has 6 rings (SSSR count). The monoisotopic (exact) mass is 525 g/mol. The van der Waals surface area contributed by atoms with Gasteiger partial charge in [0.25, 0.3) is 0 Å². The molecule has 1 aromatic carbocycles. The lowest BCUT2D eigenvalue weighted by atomic mass is 9.82. The first-order valence-electron chi connectivity index (χ1n) is 13.6. The summed E-state index contributed by atoms with van der Waals surface area (Å²) < 4.78 is 3.81. The van der Waals surface area contributed by atoms with E-state index in [2.05, 4.69) is 39.7 Å². The van der Waals surface area contributed by atoms with E-state index in [4.69, 9.17) is 11.6 Å². The Morgan fingerprint density at radius 1 is 1.11 bits per heavy atom. The molecule has 1 atom stereocenters. The fraction of sp³-hybridized carbons (Fsp3) is 0.552. The summed E-state index contributed by atoms with van der Waals surface area (Å²) in [5.74, 6) is -0.398. The maximum absolute atomic E-state index is 12.6. The molecular formula is C29H36ClN3O2S. The zero-order valence-corrected chi connectivity index (χ0v) is 22.9. The van der Waals surface area contributed by atoms with Gasteiger partial charge < -0.3 is 9.67 Å². The molecular weight excluding hydrogens is 490 g/mol. The molecule has 192 valence electrons. The van der Waals surface area contributed by atoms with Gasteiger partial charge in [-0.3, -0.25) is 9.80 Å². The van der Waals surface area contributed by atoms with Gasteiger partial charge in [-0.1, -0.05) is 30.9 Å². The third-order valence-electron chi connectivity index (χ3n) is 8.80. The van der Waals surface area contributed by atoms with Crippen LogP contribution >= 0.6 is 22.9 Å². The Kier molecular flexibility index (Phi) is 6.65. The van der Waals surface area contributed by atoms with Crippen molar-refractivity contribution in [3.63, 3.8) is 0 Å². The number of carboxylic acid groups (broad SMARTS) is 1. The Morgan fingerprint density at radius 3 is 2.64 bits per heavy atom. The molecule has 36 heavy (non-hydrogen) atoms. The van der Waals surface area contributed by atoms with E-state index in [9.17, 15) is 9.90 Å². The first kappa shape index (κ1) is 24.5. The van der Waals surface area contributed by atoms with E-state index in [1.54, 1.807) is 6.07 Å². The Hall–Kier alpha value is -1.86. The van der Waals surface area contributed by atoms with Gasteiger partial charge in [0.1, 0.15) is 0 Å². The average molecular weight is 526 g/mol. The normalized spacial score (nSPS) is 22.1. The number of nitrogens with zero attached hydrogens (tertiary/aromatic N) is 3. The Balaban J connectivity index is 1.54. The molecule has 1 saturated heterocycles. The topological polar surface area (TPSA) is 48.7 Å². The predicted molar refractivity (Wildman–Crippen MR) is 149 cm³/mol.